The molecule has 1 aliphatic rings. The van der Waals surface area contributed by atoms with Crippen LogP contribution in [0.1, 0.15) is 30.1 Å². The van der Waals surface area contributed by atoms with Crippen molar-refractivity contribution in [2.45, 2.75) is 25.9 Å². The number of aromatic nitrogens is 1. The largest absolute Gasteiger partial charge is 0.490 e. The molecule has 2 N–H and O–H groups in total. The highest BCUT2D eigenvalue weighted by Crippen LogP contribution is 2.29. The van der Waals surface area contributed by atoms with Gasteiger partial charge < -0.3 is 14.8 Å². The number of rotatable bonds is 6. The lowest BCUT2D eigenvalue weighted by atomic mass is 10.2. The number of thiazole rings is 1. The lowest BCUT2D eigenvalue weighted by Crippen LogP contribution is -2.19. The van der Waals surface area contributed by atoms with E-state index in [1.807, 2.05) is 18.2 Å². The average molecular weight is 411 g/mol. The summed E-state index contributed by atoms with van der Waals surface area (Å²) in [6.45, 7) is 2.65. The van der Waals surface area contributed by atoms with E-state index in [0.717, 1.165) is 29.7 Å². The molecular weight excluding hydrogens is 390 g/mol. The Labute approximate surface area is 172 Å². The summed E-state index contributed by atoms with van der Waals surface area (Å²) in [6.07, 6.45) is 2.09. The molecule has 0 saturated carbocycles. The third-order valence-corrected chi connectivity index (χ3v) is 5.44. The topological polar surface area (TPSA) is 89.6 Å². The number of fused-ring (bicyclic) bond motifs is 1. The Morgan fingerprint density at radius 1 is 1.24 bits per heavy atom. The van der Waals surface area contributed by atoms with Gasteiger partial charge in [-0.15, -0.1) is 0 Å². The molecular formula is C21H21N3O4S. The second-order valence-corrected chi connectivity index (χ2v) is 7.81. The molecule has 29 heavy (non-hydrogen) atoms. The van der Waals surface area contributed by atoms with Gasteiger partial charge in [0.15, 0.2) is 5.13 Å². The zero-order valence-electron chi connectivity index (χ0n) is 15.9. The Morgan fingerprint density at radius 2 is 2.10 bits per heavy atom. The van der Waals surface area contributed by atoms with Gasteiger partial charge in [0.25, 0.3) is 5.91 Å². The minimum absolute atomic E-state index is 0.0770. The van der Waals surface area contributed by atoms with Crippen LogP contribution >= 0.6 is 11.3 Å². The standard InChI is InChI=1S/C21H21N3O4S/c1-13(25)22-14-8-9-17-19(11-14)29-21(23-17)24-20(26)16-6-2-3-7-18(16)28-12-15-5-4-10-27-15/h2-3,6-9,11,15H,4-5,10,12H2,1H3,(H,22,25)(H,23,24,26). The predicted octanol–water partition coefficient (Wildman–Crippen LogP) is 4.06. The number of nitrogens with zero attached hydrogens (tertiary/aromatic N) is 1. The minimum atomic E-state index is -0.283. The quantitative estimate of drug-likeness (QED) is 0.638. The zero-order valence-corrected chi connectivity index (χ0v) is 16.8. The van der Waals surface area contributed by atoms with Crippen LogP contribution in [0.25, 0.3) is 10.2 Å². The number of amides is 2. The number of hydrogen-bond acceptors (Lipinski definition) is 6. The first-order valence-corrected chi connectivity index (χ1v) is 10.2. The molecule has 4 rings (SSSR count). The van der Waals surface area contributed by atoms with Crippen LogP contribution in [0.4, 0.5) is 10.8 Å². The molecule has 2 amide bonds. The molecule has 1 unspecified atom stereocenters. The molecule has 0 aliphatic carbocycles. The maximum absolute atomic E-state index is 12.8. The second-order valence-electron chi connectivity index (χ2n) is 6.78. The molecule has 0 bridgehead atoms. The lowest BCUT2D eigenvalue weighted by molar-refractivity contribution is -0.114. The molecule has 1 aliphatic heterocycles. The van der Waals surface area contributed by atoms with E-state index in [2.05, 4.69) is 15.6 Å². The van der Waals surface area contributed by atoms with Gasteiger partial charge in [-0.05, 0) is 43.2 Å². The van der Waals surface area contributed by atoms with Crippen LogP contribution in [0, 0.1) is 0 Å². The number of anilines is 2. The van der Waals surface area contributed by atoms with E-state index < -0.39 is 0 Å². The highest BCUT2D eigenvalue weighted by Gasteiger charge is 2.19. The molecule has 8 heteroatoms. The maximum atomic E-state index is 12.8. The highest BCUT2D eigenvalue weighted by atomic mass is 32.1. The number of nitrogens with one attached hydrogen (secondary N) is 2. The van der Waals surface area contributed by atoms with Crippen molar-refractivity contribution >= 4 is 44.2 Å². The highest BCUT2D eigenvalue weighted by molar-refractivity contribution is 7.22. The fourth-order valence-electron chi connectivity index (χ4n) is 3.16. The Balaban J connectivity index is 1.48. The number of hydrogen-bond donors (Lipinski definition) is 2. The van der Waals surface area contributed by atoms with Crippen molar-refractivity contribution in [2.75, 3.05) is 23.8 Å². The molecule has 0 radical (unpaired) electrons. The van der Waals surface area contributed by atoms with E-state index >= 15 is 0 Å². The molecule has 150 valence electrons. The van der Waals surface area contributed by atoms with Crippen molar-refractivity contribution in [3.05, 3.63) is 48.0 Å². The molecule has 1 atom stereocenters. The van der Waals surface area contributed by atoms with E-state index in [0.29, 0.717) is 28.7 Å². The van der Waals surface area contributed by atoms with E-state index in [1.54, 1.807) is 24.3 Å². The first-order valence-electron chi connectivity index (χ1n) is 9.41. The Hall–Kier alpha value is -2.97. The van der Waals surface area contributed by atoms with Gasteiger partial charge in [-0.25, -0.2) is 4.98 Å². The van der Waals surface area contributed by atoms with Crippen LogP contribution in [-0.2, 0) is 9.53 Å². The first kappa shape index (κ1) is 19.4. The fraction of sp³-hybridized carbons (Fsp3) is 0.286. The van der Waals surface area contributed by atoms with Crippen LogP contribution in [0.5, 0.6) is 5.75 Å². The van der Waals surface area contributed by atoms with Crippen molar-refractivity contribution < 1.29 is 19.1 Å². The number of ether oxygens (including phenoxy) is 2. The SMILES string of the molecule is CC(=O)Nc1ccc2nc(NC(=O)c3ccccc3OCC3CCCO3)sc2c1. The van der Waals surface area contributed by atoms with Gasteiger partial charge in [-0.3, -0.25) is 14.9 Å². The van der Waals surface area contributed by atoms with Crippen molar-refractivity contribution in [1.29, 1.82) is 0 Å². The Kier molecular flexibility index (Phi) is 5.73. The lowest BCUT2D eigenvalue weighted by Gasteiger charge is -2.14. The predicted molar refractivity (Wildman–Crippen MR) is 113 cm³/mol. The van der Waals surface area contributed by atoms with Gasteiger partial charge in [0.2, 0.25) is 5.91 Å². The van der Waals surface area contributed by atoms with Crippen LogP contribution < -0.4 is 15.4 Å². The van der Waals surface area contributed by atoms with E-state index in [-0.39, 0.29) is 17.9 Å². The number of para-hydroxylation sites is 1. The van der Waals surface area contributed by atoms with Crippen molar-refractivity contribution in [3.8, 4) is 5.75 Å². The van der Waals surface area contributed by atoms with Gasteiger partial charge >= 0.3 is 0 Å². The van der Waals surface area contributed by atoms with E-state index in [9.17, 15) is 9.59 Å². The molecule has 0 spiro atoms. The summed E-state index contributed by atoms with van der Waals surface area (Å²) in [5.41, 5.74) is 1.89. The molecule has 2 aromatic carbocycles. The average Bonchev–Trinajstić information content (AvgIpc) is 3.35. The van der Waals surface area contributed by atoms with Crippen molar-refractivity contribution in [3.63, 3.8) is 0 Å². The van der Waals surface area contributed by atoms with E-state index in [1.165, 1.54) is 18.3 Å². The van der Waals surface area contributed by atoms with Gasteiger partial charge in [0.1, 0.15) is 12.4 Å². The normalized spacial score (nSPS) is 16.0. The van der Waals surface area contributed by atoms with E-state index in [4.69, 9.17) is 9.47 Å². The third-order valence-electron chi connectivity index (χ3n) is 4.51. The second kappa shape index (κ2) is 8.59. The summed E-state index contributed by atoms with van der Waals surface area (Å²) in [6, 6.07) is 12.6. The smallest absolute Gasteiger partial charge is 0.261 e. The maximum Gasteiger partial charge on any atom is 0.261 e. The van der Waals surface area contributed by atoms with Crippen LogP contribution in [0.15, 0.2) is 42.5 Å². The Morgan fingerprint density at radius 3 is 2.90 bits per heavy atom. The van der Waals surface area contributed by atoms with Gasteiger partial charge in [0, 0.05) is 19.2 Å². The zero-order chi connectivity index (χ0) is 20.2. The van der Waals surface area contributed by atoms with Crippen molar-refractivity contribution in [2.24, 2.45) is 0 Å². The summed E-state index contributed by atoms with van der Waals surface area (Å²) in [5.74, 6) is 0.102. The summed E-state index contributed by atoms with van der Waals surface area (Å²) < 4.78 is 12.3. The summed E-state index contributed by atoms with van der Waals surface area (Å²) in [4.78, 5) is 28.5. The van der Waals surface area contributed by atoms with Crippen LogP contribution in [-0.4, -0.2) is 36.1 Å². The summed E-state index contributed by atoms with van der Waals surface area (Å²) >= 11 is 1.35. The van der Waals surface area contributed by atoms with Crippen molar-refractivity contribution in [1.82, 2.24) is 4.98 Å². The molecule has 3 aromatic rings. The molecule has 1 saturated heterocycles. The number of carbonyl (C=O) groups is 2. The number of benzene rings is 2. The third kappa shape index (κ3) is 4.72. The number of carbonyl (C=O) groups excluding carboxylic acids is 2. The van der Waals surface area contributed by atoms with Gasteiger partial charge in [0.05, 0.1) is 21.9 Å². The van der Waals surface area contributed by atoms with Gasteiger partial charge in [-0.2, -0.15) is 0 Å². The summed E-state index contributed by atoms with van der Waals surface area (Å²) in [7, 11) is 0. The minimum Gasteiger partial charge on any atom is -0.490 e. The van der Waals surface area contributed by atoms with Crippen LogP contribution in [0.2, 0.25) is 0 Å². The molecule has 7 nitrogen and oxygen atoms in total. The molecule has 1 aromatic heterocycles. The summed E-state index contributed by atoms with van der Waals surface area (Å²) in [5, 5.41) is 6.07. The monoisotopic (exact) mass is 411 g/mol. The van der Waals surface area contributed by atoms with Crippen LogP contribution in [0.3, 0.4) is 0 Å². The first-order chi connectivity index (χ1) is 14.1. The Bertz CT molecular complexity index is 1040. The molecule has 1 fully saturated rings. The van der Waals surface area contributed by atoms with Gasteiger partial charge in [-0.1, -0.05) is 23.5 Å². The molecule has 2 heterocycles. The fourth-order valence-corrected chi connectivity index (χ4v) is 4.06.